The third-order valence-corrected chi connectivity index (χ3v) is 3.53. The first-order valence-electron chi connectivity index (χ1n) is 7.55. The number of rotatable bonds is 11. The van der Waals surface area contributed by atoms with Crippen LogP contribution in [-0.2, 0) is 11.3 Å². The Kier molecular flexibility index (Phi) is 8.84. The van der Waals surface area contributed by atoms with E-state index in [1.54, 1.807) is 14.2 Å². The molecule has 0 spiro atoms. The van der Waals surface area contributed by atoms with Crippen LogP contribution in [0.25, 0.3) is 0 Å². The Bertz CT molecular complexity index is 423. The number of ether oxygens (including phenoxy) is 3. The zero-order chi connectivity index (χ0) is 16.4. The fourth-order valence-electron chi connectivity index (χ4n) is 2.07. The lowest BCUT2D eigenvalue weighted by Gasteiger charge is -2.15. The smallest absolute Gasteiger partial charge is 0.161 e. The molecular formula is C16H28NO5+. The van der Waals surface area contributed by atoms with Crippen LogP contribution in [0.4, 0.5) is 0 Å². The third kappa shape index (κ3) is 6.19. The van der Waals surface area contributed by atoms with Gasteiger partial charge in [0.05, 0.1) is 34.0 Å². The zero-order valence-electron chi connectivity index (χ0n) is 13.6. The molecule has 126 valence electrons. The van der Waals surface area contributed by atoms with E-state index < -0.39 is 6.10 Å². The largest absolute Gasteiger partial charge is 0.493 e. The maximum Gasteiger partial charge on any atom is 0.161 e. The van der Waals surface area contributed by atoms with Crippen molar-refractivity contribution in [1.29, 1.82) is 0 Å². The molecule has 2 atom stereocenters. The van der Waals surface area contributed by atoms with Gasteiger partial charge in [-0.2, -0.15) is 0 Å². The molecule has 6 nitrogen and oxygen atoms in total. The normalized spacial score (nSPS) is 13.7. The maximum absolute atomic E-state index is 9.87. The van der Waals surface area contributed by atoms with E-state index in [2.05, 4.69) is 0 Å². The zero-order valence-corrected chi connectivity index (χ0v) is 13.6. The summed E-state index contributed by atoms with van der Waals surface area (Å²) in [5, 5.41) is 20.9. The average molecular weight is 314 g/mol. The summed E-state index contributed by atoms with van der Waals surface area (Å²) in [4.78, 5) is 0. The molecule has 0 unspecified atom stereocenters. The van der Waals surface area contributed by atoms with Crippen LogP contribution in [0, 0.1) is 0 Å². The van der Waals surface area contributed by atoms with Crippen LogP contribution in [0.15, 0.2) is 18.2 Å². The molecule has 0 heterocycles. The van der Waals surface area contributed by atoms with Crippen molar-refractivity contribution in [1.82, 2.24) is 0 Å². The van der Waals surface area contributed by atoms with Crippen LogP contribution in [0.3, 0.4) is 0 Å². The van der Waals surface area contributed by atoms with Crippen molar-refractivity contribution >= 4 is 0 Å². The van der Waals surface area contributed by atoms with Gasteiger partial charge in [-0.25, -0.2) is 0 Å². The third-order valence-electron chi connectivity index (χ3n) is 3.53. The summed E-state index contributed by atoms with van der Waals surface area (Å²) in [6, 6.07) is 5.73. The maximum atomic E-state index is 9.87. The van der Waals surface area contributed by atoms with Crippen LogP contribution in [0.2, 0.25) is 0 Å². The lowest BCUT2D eigenvalue weighted by molar-refractivity contribution is -0.696. The summed E-state index contributed by atoms with van der Waals surface area (Å²) in [7, 11) is 3.18. The van der Waals surface area contributed by atoms with Gasteiger partial charge in [-0.05, 0) is 24.1 Å². The highest BCUT2D eigenvalue weighted by molar-refractivity contribution is 5.42. The number of hydrogen-bond acceptors (Lipinski definition) is 5. The molecule has 0 bridgehead atoms. The van der Waals surface area contributed by atoms with Gasteiger partial charge in [-0.15, -0.1) is 0 Å². The predicted molar refractivity (Wildman–Crippen MR) is 83.2 cm³/mol. The van der Waals surface area contributed by atoms with Crippen molar-refractivity contribution in [3.05, 3.63) is 23.8 Å². The molecule has 0 aliphatic carbocycles. The van der Waals surface area contributed by atoms with Gasteiger partial charge >= 0.3 is 0 Å². The van der Waals surface area contributed by atoms with Crippen LogP contribution < -0.4 is 14.8 Å². The van der Waals surface area contributed by atoms with E-state index in [9.17, 15) is 5.11 Å². The Morgan fingerprint density at radius 2 is 1.91 bits per heavy atom. The van der Waals surface area contributed by atoms with E-state index in [0.29, 0.717) is 24.7 Å². The summed E-state index contributed by atoms with van der Waals surface area (Å²) in [5.74, 6) is 1.33. The number of nitrogens with two attached hydrogens (primary N) is 1. The number of aliphatic hydroxyl groups is 2. The fraction of sp³-hybridized carbons (Fsp3) is 0.625. The van der Waals surface area contributed by atoms with Crippen molar-refractivity contribution in [2.75, 3.05) is 34.0 Å². The summed E-state index contributed by atoms with van der Waals surface area (Å²) in [6.45, 7) is 3.30. The number of benzene rings is 1. The van der Waals surface area contributed by atoms with E-state index in [0.717, 1.165) is 12.0 Å². The molecule has 0 radical (unpaired) electrons. The highest BCUT2D eigenvalue weighted by Crippen LogP contribution is 2.27. The van der Waals surface area contributed by atoms with Gasteiger partial charge in [0.2, 0.25) is 0 Å². The highest BCUT2D eigenvalue weighted by atomic mass is 16.5. The topological polar surface area (TPSA) is 84.8 Å². The van der Waals surface area contributed by atoms with Crippen molar-refractivity contribution in [2.24, 2.45) is 0 Å². The standard InChI is InChI=1S/C16H27NO5/c1-4-13(9-18)17-8-14(19)11-22-10-12-5-6-15(20-2)16(7-12)21-3/h5-7,13-14,17-19H,4,8-11H2,1-3H3/p+1/t13-,14+/m1/s1. The lowest BCUT2D eigenvalue weighted by atomic mass is 10.2. The van der Waals surface area contributed by atoms with Crippen LogP contribution in [0.5, 0.6) is 11.5 Å². The second-order valence-corrected chi connectivity index (χ2v) is 5.18. The molecule has 0 fully saturated rings. The van der Waals surface area contributed by atoms with Gasteiger partial charge in [0, 0.05) is 0 Å². The van der Waals surface area contributed by atoms with E-state index in [-0.39, 0.29) is 19.3 Å². The number of hydrogen-bond donors (Lipinski definition) is 3. The van der Waals surface area contributed by atoms with Crippen molar-refractivity contribution in [3.8, 4) is 11.5 Å². The molecule has 0 amide bonds. The first-order valence-corrected chi connectivity index (χ1v) is 7.55. The van der Waals surface area contributed by atoms with Gasteiger partial charge < -0.3 is 29.7 Å². The van der Waals surface area contributed by atoms with Gasteiger partial charge in [0.15, 0.2) is 11.5 Å². The summed E-state index contributed by atoms with van der Waals surface area (Å²) >= 11 is 0. The molecule has 0 aromatic heterocycles. The average Bonchev–Trinajstić information content (AvgIpc) is 2.55. The highest BCUT2D eigenvalue weighted by Gasteiger charge is 2.12. The second-order valence-electron chi connectivity index (χ2n) is 5.18. The fourth-order valence-corrected chi connectivity index (χ4v) is 2.07. The minimum Gasteiger partial charge on any atom is -0.493 e. The van der Waals surface area contributed by atoms with E-state index in [1.165, 1.54) is 0 Å². The number of aliphatic hydroxyl groups excluding tert-OH is 2. The molecule has 0 saturated carbocycles. The number of methoxy groups -OCH3 is 2. The molecule has 1 aromatic rings. The Morgan fingerprint density at radius 1 is 1.18 bits per heavy atom. The van der Waals surface area contributed by atoms with Crippen LogP contribution >= 0.6 is 0 Å². The molecule has 0 aliphatic rings. The second kappa shape index (κ2) is 10.4. The van der Waals surface area contributed by atoms with Gasteiger partial charge in [0.25, 0.3) is 0 Å². The van der Waals surface area contributed by atoms with Crippen molar-refractivity contribution in [2.45, 2.75) is 32.1 Å². The Hall–Kier alpha value is -1.34. The van der Waals surface area contributed by atoms with E-state index >= 15 is 0 Å². The summed E-state index contributed by atoms with van der Waals surface area (Å²) in [6.07, 6.45) is 0.316. The monoisotopic (exact) mass is 314 g/mol. The molecular weight excluding hydrogens is 286 g/mol. The molecule has 1 rings (SSSR count). The van der Waals surface area contributed by atoms with Crippen LogP contribution in [-0.4, -0.2) is 56.3 Å². The Balaban J connectivity index is 2.34. The van der Waals surface area contributed by atoms with Crippen molar-refractivity contribution in [3.63, 3.8) is 0 Å². The summed E-state index contributed by atoms with van der Waals surface area (Å²) in [5.41, 5.74) is 0.954. The van der Waals surface area contributed by atoms with Gasteiger partial charge in [-0.1, -0.05) is 13.0 Å². The number of quaternary nitrogens is 1. The summed E-state index contributed by atoms with van der Waals surface area (Å²) < 4.78 is 15.9. The minimum absolute atomic E-state index is 0.121. The first kappa shape index (κ1) is 18.7. The molecule has 0 aliphatic heterocycles. The molecule has 22 heavy (non-hydrogen) atoms. The Labute approximate surface area is 132 Å². The minimum atomic E-state index is -0.555. The molecule has 1 aromatic carbocycles. The predicted octanol–water partition coefficient (Wildman–Crippen LogP) is -0.0844. The first-order chi connectivity index (χ1) is 10.6. The van der Waals surface area contributed by atoms with Crippen molar-refractivity contribution < 1.29 is 29.7 Å². The molecule has 6 heteroatoms. The SMILES string of the molecule is CC[C@H](CO)[NH2+]C[C@H](O)COCc1ccc(OC)c(OC)c1. The van der Waals surface area contributed by atoms with E-state index in [4.69, 9.17) is 19.3 Å². The molecule has 4 N–H and O–H groups in total. The van der Waals surface area contributed by atoms with Crippen LogP contribution in [0.1, 0.15) is 18.9 Å². The quantitative estimate of drug-likeness (QED) is 0.532. The van der Waals surface area contributed by atoms with E-state index in [1.807, 2.05) is 30.4 Å². The Morgan fingerprint density at radius 3 is 2.50 bits per heavy atom. The lowest BCUT2D eigenvalue weighted by Crippen LogP contribution is -2.92. The molecule has 0 saturated heterocycles. The van der Waals surface area contributed by atoms with Gasteiger partial charge in [-0.3, -0.25) is 0 Å². The van der Waals surface area contributed by atoms with Gasteiger partial charge in [0.1, 0.15) is 18.7 Å².